The molecule has 0 atom stereocenters. The monoisotopic (exact) mass is 278 g/mol. The fourth-order valence-electron chi connectivity index (χ4n) is 2.06. The summed E-state index contributed by atoms with van der Waals surface area (Å²) >= 11 is 1.51. The number of thiophene rings is 1. The Morgan fingerprint density at radius 3 is 3.05 bits per heavy atom. The van der Waals surface area contributed by atoms with Crippen LogP contribution < -0.4 is 0 Å². The van der Waals surface area contributed by atoms with E-state index in [0.29, 0.717) is 18.0 Å². The molecule has 3 rings (SSSR count). The minimum atomic E-state index is -0.159. The first-order valence-electron chi connectivity index (χ1n) is 6.20. The second-order valence-corrected chi connectivity index (χ2v) is 5.41. The standard InChI is InChI=1S/C13H14N2O3S/c16-6-5-15(9-3-4-9)13(17)11-12(18-8-14-11)10-2-1-7-19-10/h1-2,7-9,16H,3-6H2. The molecule has 0 aromatic carbocycles. The van der Waals surface area contributed by atoms with E-state index in [-0.39, 0.29) is 18.6 Å². The Kier molecular flexibility index (Phi) is 3.35. The van der Waals surface area contributed by atoms with Crippen LogP contribution >= 0.6 is 11.3 Å². The van der Waals surface area contributed by atoms with Gasteiger partial charge in [0.25, 0.3) is 5.91 Å². The fourth-order valence-corrected chi connectivity index (χ4v) is 2.77. The Balaban J connectivity index is 1.89. The topological polar surface area (TPSA) is 66.6 Å². The Labute approximate surface area is 114 Å². The fraction of sp³-hybridized carbons (Fsp3) is 0.385. The van der Waals surface area contributed by atoms with Crippen LogP contribution in [0.25, 0.3) is 10.6 Å². The zero-order chi connectivity index (χ0) is 13.2. The van der Waals surface area contributed by atoms with Crippen LogP contribution in [0.1, 0.15) is 23.3 Å². The van der Waals surface area contributed by atoms with Gasteiger partial charge in [-0.3, -0.25) is 4.79 Å². The van der Waals surface area contributed by atoms with Gasteiger partial charge >= 0.3 is 0 Å². The van der Waals surface area contributed by atoms with Gasteiger partial charge < -0.3 is 14.4 Å². The molecule has 2 aromatic rings. The highest BCUT2D eigenvalue weighted by Crippen LogP contribution is 2.32. The molecule has 1 aliphatic carbocycles. The molecule has 1 fully saturated rings. The Bertz CT molecular complexity index is 560. The molecule has 1 N–H and O–H groups in total. The molecule has 0 bridgehead atoms. The lowest BCUT2D eigenvalue weighted by molar-refractivity contribution is 0.0702. The average molecular weight is 278 g/mol. The third-order valence-corrected chi connectivity index (χ3v) is 3.97. The quantitative estimate of drug-likeness (QED) is 0.908. The maximum atomic E-state index is 12.5. The number of rotatable bonds is 5. The number of hydrogen-bond acceptors (Lipinski definition) is 5. The van der Waals surface area contributed by atoms with E-state index in [1.165, 1.54) is 17.7 Å². The molecular weight excluding hydrogens is 264 g/mol. The summed E-state index contributed by atoms with van der Waals surface area (Å²) in [4.78, 5) is 19.1. The van der Waals surface area contributed by atoms with E-state index in [4.69, 9.17) is 9.52 Å². The zero-order valence-corrected chi connectivity index (χ0v) is 11.1. The lowest BCUT2D eigenvalue weighted by Crippen LogP contribution is -2.35. The van der Waals surface area contributed by atoms with Gasteiger partial charge in [0.15, 0.2) is 17.8 Å². The van der Waals surface area contributed by atoms with E-state index in [1.807, 2.05) is 17.5 Å². The van der Waals surface area contributed by atoms with Crippen molar-refractivity contribution in [2.24, 2.45) is 0 Å². The normalized spacial score (nSPS) is 14.6. The molecule has 1 aliphatic rings. The number of aromatic nitrogens is 1. The summed E-state index contributed by atoms with van der Waals surface area (Å²) in [6, 6.07) is 4.05. The SMILES string of the molecule is O=C(c1ncoc1-c1cccs1)N(CCO)C1CC1. The number of amides is 1. The van der Waals surface area contributed by atoms with Crippen molar-refractivity contribution in [1.29, 1.82) is 0 Å². The van der Waals surface area contributed by atoms with E-state index in [1.54, 1.807) is 4.90 Å². The van der Waals surface area contributed by atoms with Crippen molar-refractivity contribution in [2.75, 3.05) is 13.2 Å². The first-order valence-corrected chi connectivity index (χ1v) is 7.08. The molecule has 6 heteroatoms. The Hall–Kier alpha value is -1.66. The van der Waals surface area contributed by atoms with Crippen molar-refractivity contribution >= 4 is 17.2 Å². The molecular formula is C13H14N2O3S. The largest absolute Gasteiger partial charge is 0.442 e. The third-order valence-electron chi connectivity index (χ3n) is 3.10. The van der Waals surface area contributed by atoms with E-state index >= 15 is 0 Å². The first kappa shape index (κ1) is 12.4. The number of aliphatic hydroxyl groups is 1. The van der Waals surface area contributed by atoms with E-state index < -0.39 is 0 Å². The van der Waals surface area contributed by atoms with Gasteiger partial charge in [-0.1, -0.05) is 6.07 Å². The van der Waals surface area contributed by atoms with Crippen molar-refractivity contribution in [3.8, 4) is 10.6 Å². The molecule has 0 radical (unpaired) electrons. The molecule has 0 unspecified atom stereocenters. The maximum Gasteiger partial charge on any atom is 0.276 e. The van der Waals surface area contributed by atoms with E-state index in [0.717, 1.165) is 17.7 Å². The zero-order valence-electron chi connectivity index (χ0n) is 10.3. The Morgan fingerprint density at radius 2 is 2.42 bits per heavy atom. The summed E-state index contributed by atoms with van der Waals surface area (Å²) in [5.41, 5.74) is 0.336. The summed E-state index contributed by atoms with van der Waals surface area (Å²) in [6.07, 6.45) is 3.29. The minimum Gasteiger partial charge on any atom is -0.442 e. The molecule has 19 heavy (non-hydrogen) atoms. The minimum absolute atomic E-state index is 0.0333. The van der Waals surface area contributed by atoms with Gasteiger partial charge in [0.05, 0.1) is 11.5 Å². The number of oxazole rings is 1. The van der Waals surface area contributed by atoms with E-state index in [2.05, 4.69) is 4.98 Å². The number of nitrogens with zero attached hydrogens (tertiary/aromatic N) is 2. The smallest absolute Gasteiger partial charge is 0.276 e. The van der Waals surface area contributed by atoms with Crippen molar-refractivity contribution in [3.63, 3.8) is 0 Å². The van der Waals surface area contributed by atoms with Gasteiger partial charge in [0.2, 0.25) is 0 Å². The van der Waals surface area contributed by atoms with Crippen molar-refractivity contribution in [3.05, 3.63) is 29.6 Å². The van der Waals surface area contributed by atoms with Crippen LogP contribution in [-0.4, -0.2) is 40.1 Å². The number of carbonyl (C=O) groups is 1. The predicted octanol–water partition coefficient (Wildman–Crippen LogP) is 2.00. The first-order chi connectivity index (χ1) is 9.31. The van der Waals surface area contributed by atoms with Gasteiger partial charge in [-0.2, -0.15) is 0 Å². The highest BCUT2D eigenvalue weighted by atomic mass is 32.1. The Morgan fingerprint density at radius 1 is 1.58 bits per heavy atom. The van der Waals surface area contributed by atoms with Crippen molar-refractivity contribution in [1.82, 2.24) is 9.88 Å². The summed E-state index contributed by atoms with van der Waals surface area (Å²) in [7, 11) is 0. The predicted molar refractivity (Wildman–Crippen MR) is 71.0 cm³/mol. The van der Waals surface area contributed by atoms with Crippen molar-refractivity contribution < 1.29 is 14.3 Å². The molecule has 2 heterocycles. The summed E-state index contributed by atoms with van der Waals surface area (Å²) in [5.74, 6) is 0.359. The lowest BCUT2D eigenvalue weighted by atomic mass is 10.2. The molecule has 100 valence electrons. The summed E-state index contributed by atoms with van der Waals surface area (Å²) < 4.78 is 5.35. The maximum absolute atomic E-state index is 12.5. The average Bonchev–Trinajstić information content (AvgIpc) is 2.94. The summed E-state index contributed by atoms with van der Waals surface area (Å²) in [5, 5.41) is 11.0. The van der Waals surface area contributed by atoms with Gasteiger partial charge in [0.1, 0.15) is 0 Å². The molecule has 1 amide bonds. The number of hydrogen-bond donors (Lipinski definition) is 1. The number of carbonyl (C=O) groups excluding carboxylic acids is 1. The van der Waals surface area contributed by atoms with Gasteiger partial charge in [-0.15, -0.1) is 11.3 Å². The second-order valence-electron chi connectivity index (χ2n) is 4.46. The van der Waals surface area contributed by atoms with Crippen molar-refractivity contribution in [2.45, 2.75) is 18.9 Å². The molecule has 0 spiro atoms. The second kappa shape index (κ2) is 5.14. The molecule has 1 saturated carbocycles. The highest BCUT2D eigenvalue weighted by Gasteiger charge is 2.35. The van der Waals surface area contributed by atoms with Crippen LogP contribution in [0.5, 0.6) is 0 Å². The lowest BCUT2D eigenvalue weighted by Gasteiger charge is -2.20. The highest BCUT2D eigenvalue weighted by molar-refractivity contribution is 7.13. The van der Waals surface area contributed by atoms with Crippen LogP contribution in [0.2, 0.25) is 0 Å². The van der Waals surface area contributed by atoms with Crippen LogP contribution in [0.3, 0.4) is 0 Å². The third kappa shape index (κ3) is 2.41. The molecule has 2 aromatic heterocycles. The van der Waals surface area contributed by atoms with Crippen LogP contribution in [0, 0.1) is 0 Å². The molecule has 0 aliphatic heterocycles. The van der Waals surface area contributed by atoms with Gasteiger partial charge in [0, 0.05) is 12.6 Å². The molecule has 0 saturated heterocycles. The van der Waals surface area contributed by atoms with Crippen LogP contribution in [0.15, 0.2) is 28.3 Å². The molecule has 5 nitrogen and oxygen atoms in total. The summed E-state index contributed by atoms with van der Waals surface area (Å²) in [6.45, 7) is 0.314. The van der Waals surface area contributed by atoms with Crippen LogP contribution in [0.4, 0.5) is 0 Å². The van der Waals surface area contributed by atoms with Crippen LogP contribution in [-0.2, 0) is 0 Å². The number of aliphatic hydroxyl groups excluding tert-OH is 1. The van der Waals surface area contributed by atoms with Gasteiger partial charge in [-0.25, -0.2) is 4.98 Å². The van der Waals surface area contributed by atoms with Gasteiger partial charge in [-0.05, 0) is 24.3 Å². The van der Waals surface area contributed by atoms with E-state index in [9.17, 15) is 4.79 Å².